The van der Waals surface area contributed by atoms with Crippen LogP contribution in [0.15, 0.2) is 34.8 Å². The molecule has 2 N–H and O–H groups in total. The summed E-state index contributed by atoms with van der Waals surface area (Å²) in [5, 5.41) is 11.2. The van der Waals surface area contributed by atoms with Crippen LogP contribution in [0.2, 0.25) is 0 Å². The standard InChI is InChI=1S/C31H37N3O3S2/c1-7-37-29(36)25-17-10-8-9-11-21(17)39-28(25)34-19-14-31(5,6)15-20(35)26(19)24(18(16-32)27(34)33)22-12-13-23(38-22)30(2,3)4/h12-13,24H,7-11,14-15,33H2,1-6H3/t24-/m1/s1. The van der Waals surface area contributed by atoms with E-state index in [-0.39, 0.29) is 29.2 Å². The molecule has 2 aromatic heterocycles. The summed E-state index contributed by atoms with van der Waals surface area (Å²) in [7, 11) is 0. The van der Waals surface area contributed by atoms with Crippen LogP contribution < -0.4 is 10.6 Å². The predicted molar refractivity (Wildman–Crippen MR) is 157 cm³/mol. The van der Waals surface area contributed by atoms with Crippen molar-refractivity contribution in [2.75, 3.05) is 11.5 Å². The molecular weight excluding hydrogens is 526 g/mol. The van der Waals surface area contributed by atoms with Gasteiger partial charge < -0.3 is 10.5 Å². The van der Waals surface area contributed by atoms with Crippen LogP contribution in [0, 0.1) is 16.7 Å². The van der Waals surface area contributed by atoms with Crippen LogP contribution in [-0.4, -0.2) is 18.4 Å². The third-order valence-corrected chi connectivity index (χ3v) is 10.7. The van der Waals surface area contributed by atoms with Gasteiger partial charge in [0.2, 0.25) is 0 Å². The molecule has 0 saturated heterocycles. The molecule has 39 heavy (non-hydrogen) atoms. The maximum atomic E-state index is 14.0. The summed E-state index contributed by atoms with van der Waals surface area (Å²) >= 11 is 3.20. The zero-order chi connectivity index (χ0) is 28.3. The third kappa shape index (κ3) is 4.74. The number of thiophene rings is 2. The summed E-state index contributed by atoms with van der Waals surface area (Å²) in [6.45, 7) is 12.7. The minimum atomic E-state index is -0.508. The Kier molecular flexibility index (Phi) is 7.05. The SMILES string of the molecule is CCOC(=O)c1c(N2C(N)=C(C#N)[C@H](c3ccc(C(C)(C)C)s3)C3=C2CC(C)(C)CC3=O)sc2c1CCCC2. The molecule has 0 fully saturated rings. The molecule has 1 aliphatic heterocycles. The fraction of sp³-hybridized carbons (Fsp3) is 0.516. The number of carbonyl (C=O) groups excluding carboxylic acids is 2. The van der Waals surface area contributed by atoms with Gasteiger partial charge in [-0.25, -0.2) is 4.79 Å². The van der Waals surface area contributed by atoms with Gasteiger partial charge in [-0.15, -0.1) is 22.7 Å². The molecule has 5 rings (SSSR count). The number of carbonyl (C=O) groups is 2. The zero-order valence-electron chi connectivity index (χ0n) is 23.7. The van der Waals surface area contributed by atoms with Crippen molar-refractivity contribution >= 4 is 39.4 Å². The van der Waals surface area contributed by atoms with Crippen LogP contribution in [0.5, 0.6) is 0 Å². The molecule has 0 saturated carbocycles. The van der Waals surface area contributed by atoms with Crippen LogP contribution in [0.3, 0.4) is 0 Å². The Morgan fingerprint density at radius 2 is 1.92 bits per heavy atom. The summed E-state index contributed by atoms with van der Waals surface area (Å²) in [4.78, 5) is 32.5. The molecule has 0 amide bonds. The highest BCUT2D eigenvalue weighted by Crippen LogP contribution is 2.54. The van der Waals surface area contributed by atoms with Crippen molar-refractivity contribution in [3.8, 4) is 6.07 Å². The molecule has 0 radical (unpaired) electrons. The summed E-state index contributed by atoms with van der Waals surface area (Å²) < 4.78 is 5.53. The summed E-state index contributed by atoms with van der Waals surface area (Å²) in [5.74, 6) is -0.522. The number of rotatable bonds is 4. The molecule has 2 aromatic rings. The van der Waals surface area contributed by atoms with Gasteiger partial charge in [0.1, 0.15) is 10.8 Å². The highest BCUT2D eigenvalue weighted by Gasteiger charge is 2.46. The van der Waals surface area contributed by atoms with E-state index < -0.39 is 5.92 Å². The largest absolute Gasteiger partial charge is 0.462 e. The number of hydrogen-bond donors (Lipinski definition) is 1. The van der Waals surface area contributed by atoms with Crippen molar-refractivity contribution in [3.05, 3.63) is 60.6 Å². The maximum absolute atomic E-state index is 14.0. The number of nitrogens with zero attached hydrogens (tertiary/aromatic N) is 2. The zero-order valence-corrected chi connectivity index (χ0v) is 25.3. The third-order valence-electron chi connectivity index (χ3n) is 7.87. The average molecular weight is 564 g/mol. The minimum Gasteiger partial charge on any atom is -0.462 e. The first-order valence-electron chi connectivity index (χ1n) is 13.8. The molecule has 0 aromatic carbocycles. The lowest BCUT2D eigenvalue weighted by atomic mass is 9.70. The summed E-state index contributed by atoms with van der Waals surface area (Å²) in [5.41, 5.74) is 9.99. The molecule has 1 atom stereocenters. The Balaban J connectivity index is 1.77. The highest BCUT2D eigenvalue weighted by atomic mass is 32.1. The van der Waals surface area contributed by atoms with Crippen molar-refractivity contribution in [2.24, 2.45) is 11.1 Å². The van der Waals surface area contributed by atoms with Gasteiger partial charge in [-0.2, -0.15) is 5.26 Å². The number of ketones is 1. The lowest BCUT2D eigenvalue weighted by Crippen LogP contribution is -2.42. The average Bonchev–Trinajstić information content (AvgIpc) is 3.48. The molecule has 8 heteroatoms. The van der Waals surface area contributed by atoms with Crippen molar-refractivity contribution in [1.29, 1.82) is 5.26 Å². The van der Waals surface area contributed by atoms with Gasteiger partial charge in [-0.3, -0.25) is 9.69 Å². The number of allylic oxidation sites excluding steroid dienone is 3. The number of anilines is 1. The Labute approximate surface area is 239 Å². The van der Waals surface area contributed by atoms with Crippen LogP contribution in [0.4, 0.5) is 5.00 Å². The molecule has 206 valence electrons. The number of aryl methyl sites for hydroxylation is 1. The second-order valence-electron chi connectivity index (χ2n) is 12.5. The Hall–Kier alpha value is -2.89. The number of fused-ring (bicyclic) bond motifs is 1. The lowest BCUT2D eigenvalue weighted by molar-refractivity contribution is -0.118. The number of Topliss-reactive ketones (excluding diaryl/α,β-unsaturated/α-hetero) is 1. The number of nitrogens with two attached hydrogens (primary N) is 1. The Bertz CT molecular complexity index is 1460. The monoisotopic (exact) mass is 563 g/mol. The molecule has 2 aliphatic carbocycles. The molecule has 0 bridgehead atoms. The van der Waals surface area contributed by atoms with E-state index in [1.54, 1.807) is 29.6 Å². The van der Waals surface area contributed by atoms with E-state index in [9.17, 15) is 14.9 Å². The van der Waals surface area contributed by atoms with Gasteiger partial charge >= 0.3 is 5.97 Å². The summed E-state index contributed by atoms with van der Waals surface area (Å²) in [6, 6.07) is 6.52. The summed E-state index contributed by atoms with van der Waals surface area (Å²) in [6.07, 6.45) is 4.82. The molecular formula is C31H37N3O3S2. The van der Waals surface area contributed by atoms with E-state index >= 15 is 0 Å². The van der Waals surface area contributed by atoms with Crippen molar-refractivity contribution in [2.45, 2.75) is 91.4 Å². The topological polar surface area (TPSA) is 96.4 Å². The molecule has 6 nitrogen and oxygen atoms in total. The van der Waals surface area contributed by atoms with Gasteiger partial charge in [0.05, 0.1) is 29.7 Å². The second-order valence-corrected chi connectivity index (χ2v) is 14.7. The van der Waals surface area contributed by atoms with Crippen LogP contribution in [0.25, 0.3) is 0 Å². The van der Waals surface area contributed by atoms with Gasteiger partial charge in [0.25, 0.3) is 0 Å². The first-order chi connectivity index (χ1) is 18.4. The van der Waals surface area contributed by atoms with Crippen molar-refractivity contribution in [3.63, 3.8) is 0 Å². The van der Waals surface area contributed by atoms with Gasteiger partial charge in [-0.05, 0) is 67.6 Å². The quantitative estimate of drug-likeness (QED) is 0.399. The van der Waals surface area contributed by atoms with E-state index in [4.69, 9.17) is 10.5 Å². The first-order valence-corrected chi connectivity index (χ1v) is 15.4. The normalized spacial score (nSPS) is 21.0. The van der Waals surface area contributed by atoms with Crippen molar-refractivity contribution in [1.82, 2.24) is 0 Å². The van der Waals surface area contributed by atoms with Crippen LogP contribution in [-0.2, 0) is 27.8 Å². The van der Waals surface area contributed by atoms with Gasteiger partial charge in [0, 0.05) is 32.3 Å². The number of nitriles is 1. The molecule has 3 heterocycles. The van der Waals surface area contributed by atoms with Crippen LogP contribution >= 0.6 is 22.7 Å². The maximum Gasteiger partial charge on any atom is 0.341 e. The predicted octanol–water partition coefficient (Wildman–Crippen LogP) is 7.10. The van der Waals surface area contributed by atoms with Gasteiger partial charge in [-0.1, -0.05) is 34.6 Å². The number of hydrogen-bond acceptors (Lipinski definition) is 8. The fourth-order valence-electron chi connectivity index (χ4n) is 6.06. The van der Waals surface area contributed by atoms with Gasteiger partial charge in [0.15, 0.2) is 5.78 Å². The van der Waals surface area contributed by atoms with Crippen LogP contribution in [0.1, 0.15) is 104 Å². The highest BCUT2D eigenvalue weighted by molar-refractivity contribution is 7.17. The molecule has 3 aliphatic rings. The lowest BCUT2D eigenvalue weighted by Gasteiger charge is -2.43. The fourth-order valence-corrected chi connectivity index (χ4v) is 8.66. The Morgan fingerprint density at radius 3 is 2.56 bits per heavy atom. The number of ether oxygens (including phenoxy) is 1. The smallest absolute Gasteiger partial charge is 0.341 e. The Morgan fingerprint density at radius 1 is 1.21 bits per heavy atom. The van der Waals surface area contributed by atoms with E-state index in [0.29, 0.717) is 40.4 Å². The van der Waals surface area contributed by atoms with E-state index in [2.05, 4.69) is 46.8 Å². The first kappa shape index (κ1) is 27.7. The molecule has 0 unspecified atom stereocenters. The molecule has 0 spiro atoms. The van der Waals surface area contributed by atoms with Crippen molar-refractivity contribution < 1.29 is 14.3 Å². The number of esters is 1. The second kappa shape index (κ2) is 9.94. The van der Waals surface area contributed by atoms with E-state index in [1.807, 2.05) is 11.0 Å². The minimum absolute atomic E-state index is 0.0428. The van der Waals surface area contributed by atoms with E-state index in [0.717, 1.165) is 41.8 Å². The van der Waals surface area contributed by atoms with E-state index in [1.165, 1.54) is 9.75 Å².